The molecular formula is C17H20Cl2N2. The zero-order valence-corrected chi connectivity index (χ0v) is 14.0. The van der Waals surface area contributed by atoms with Gasteiger partial charge in [-0.2, -0.15) is 0 Å². The second kappa shape index (κ2) is 6.69. The number of rotatable bonds is 4. The van der Waals surface area contributed by atoms with Gasteiger partial charge in [-0.3, -0.25) is 0 Å². The molecule has 0 amide bonds. The number of halogens is 2. The van der Waals surface area contributed by atoms with E-state index >= 15 is 0 Å². The zero-order valence-electron chi connectivity index (χ0n) is 12.5. The molecule has 21 heavy (non-hydrogen) atoms. The van der Waals surface area contributed by atoms with Crippen LogP contribution >= 0.6 is 23.2 Å². The molecule has 0 saturated heterocycles. The molecule has 2 nitrogen and oxygen atoms in total. The van der Waals surface area contributed by atoms with Crippen LogP contribution < -0.4 is 10.6 Å². The lowest BCUT2D eigenvalue weighted by molar-refractivity contribution is 0.679. The Hall–Kier alpha value is -1.22. The quantitative estimate of drug-likeness (QED) is 0.880. The predicted octanol–water partition coefficient (Wildman–Crippen LogP) is 4.75. The number of hydrogen-bond donors (Lipinski definition) is 1. The fraction of sp³-hybridized carbons (Fsp3) is 0.294. The maximum absolute atomic E-state index is 6.11. The van der Waals surface area contributed by atoms with Crippen LogP contribution in [-0.4, -0.2) is 13.6 Å². The first-order valence-corrected chi connectivity index (χ1v) is 7.64. The van der Waals surface area contributed by atoms with E-state index in [1.54, 1.807) is 6.07 Å². The summed E-state index contributed by atoms with van der Waals surface area (Å²) in [5.74, 6) is 0. The Kier molecular flexibility index (Phi) is 5.15. The Morgan fingerprint density at radius 2 is 1.67 bits per heavy atom. The Labute approximate surface area is 136 Å². The standard InChI is InChI=1S/C17H20Cl2N2/c1-11-4-5-16(12(2)6-11)21(3)17(10-20)13-7-14(18)9-15(19)8-13/h4-9,17H,10,20H2,1-3H3. The minimum absolute atomic E-state index is 0.0302. The molecule has 0 radical (unpaired) electrons. The normalized spacial score (nSPS) is 12.3. The van der Waals surface area contributed by atoms with Crippen LogP contribution in [0.4, 0.5) is 5.69 Å². The molecule has 1 atom stereocenters. The SMILES string of the molecule is Cc1ccc(N(C)C(CN)c2cc(Cl)cc(Cl)c2)c(C)c1. The van der Waals surface area contributed by atoms with E-state index in [4.69, 9.17) is 28.9 Å². The lowest BCUT2D eigenvalue weighted by atomic mass is 10.0. The molecule has 112 valence electrons. The highest BCUT2D eigenvalue weighted by molar-refractivity contribution is 6.34. The van der Waals surface area contributed by atoms with Gasteiger partial charge in [0.2, 0.25) is 0 Å². The van der Waals surface area contributed by atoms with Crippen LogP contribution in [0.25, 0.3) is 0 Å². The van der Waals surface area contributed by atoms with Gasteiger partial charge < -0.3 is 10.6 Å². The highest BCUT2D eigenvalue weighted by Crippen LogP contribution is 2.31. The van der Waals surface area contributed by atoms with Gasteiger partial charge in [-0.25, -0.2) is 0 Å². The predicted molar refractivity (Wildman–Crippen MR) is 92.6 cm³/mol. The summed E-state index contributed by atoms with van der Waals surface area (Å²) in [4.78, 5) is 2.18. The fourth-order valence-electron chi connectivity index (χ4n) is 2.65. The number of hydrogen-bond acceptors (Lipinski definition) is 2. The Morgan fingerprint density at radius 1 is 1.05 bits per heavy atom. The minimum Gasteiger partial charge on any atom is -0.366 e. The van der Waals surface area contributed by atoms with Gasteiger partial charge in [0.25, 0.3) is 0 Å². The van der Waals surface area contributed by atoms with Crippen molar-refractivity contribution in [1.82, 2.24) is 0 Å². The van der Waals surface area contributed by atoms with Crippen molar-refractivity contribution < 1.29 is 0 Å². The van der Waals surface area contributed by atoms with E-state index in [1.165, 1.54) is 11.1 Å². The van der Waals surface area contributed by atoms with Crippen molar-refractivity contribution >= 4 is 28.9 Å². The molecule has 2 rings (SSSR count). The van der Waals surface area contributed by atoms with Crippen LogP contribution in [0.5, 0.6) is 0 Å². The summed E-state index contributed by atoms with van der Waals surface area (Å²) in [5.41, 5.74) is 10.7. The average molecular weight is 323 g/mol. The molecular weight excluding hydrogens is 303 g/mol. The summed E-state index contributed by atoms with van der Waals surface area (Å²) < 4.78 is 0. The number of nitrogens with zero attached hydrogens (tertiary/aromatic N) is 1. The van der Waals surface area contributed by atoms with E-state index in [0.29, 0.717) is 16.6 Å². The van der Waals surface area contributed by atoms with Crippen LogP contribution in [0.2, 0.25) is 10.0 Å². The van der Waals surface area contributed by atoms with Crippen molar-refractivity contribution in [3.05, 3.63) is 63.1 Å². The monoisotopic (exact) mass is 322 g/mol. The molecule has 0 spiro atoms. The van der Waals surface area contributed by atoms with Crippen molar-refractivity contribution in [2.75, 3.05) is 18.5 Å². The van der Waals surface area contributed by atoms with Crippen LogP contribution in [0.1, 0.15) is 22.7 Å². The van der Waals surface area contributed by atoms with Gasteiger partial charge in [-0.05, 0) is 49.2 Å². The van der Waals surface area contributed by atoms with Crippen molar-refractivity contribution in [3.63, 3.8) is 0 Å². The highest BCUT2D eigenvalue weighted by atomic mass is 35.5. The first-order valence-electron chi connectivity index (χ1n) is 6.88. The van der Waals surface area contributed by atoms with Gasteiger partial charge >= 0.3 is 0 Å². The molecule has 2 aromatic carbocycles. The van der Waals surface area contributed by atoms with Crippen LogP contribution in [0.3, 0.4) is 0 Å². The zero-order chi connectivity index (χ0) is 15.6. The minimum atomic E-state index is 0.0302. The first-order chi connectivity index (χ1) is 9.92. The molecule has 0 aliphatic rings. The first kappa shape index (κ1) is 16.2. The van der Waals surface area contributed by atoms with Gasteiger partial charge in [0.05, 0.1) is 6.04 Å². The van der Waals surface area contributed by atoms with E-state index in [9.17, 15) is 0 Å². The average Bonchev–Trinajstić information content (AvgIpc) is 2.38. The van der Waals surface area contributed by atoms with Gasteiger partial charge in [0.15, 0.2) is 0 Å². The Morgan fingerprint density at radius 3 is 2.19 bits per heavy atom. The van der Waals surface area contributed by atoms with Gasteiger partial charge in [0, 0.05) is 29.3 Å². The molecule has 2 N–H and O–H groups in total. The van der Waals surface area contributed by atoms with E-state index < -0.39 is 0 Å². The largest absolute Gasteiger partial charge is 0.366 e. The summed E-state index contributed by atoms with van der Waals surface area (Å²) in [6.07, 6.45) is 0. The lowest BCUT2D eigenvalue weighted by Gasteiger charge is -2.31. The molecule has 0 saturated carbocycles. The van der Waals surface area contributed by atoms with Crippen molar-refractivity contribution in [1.29, 1.82) is 0 Å². The fourth-order valence-corrected chi connectivity index (χ4v) is 3.20. The third-order valence-corrected chi connectivity index (χ3v) is 4.13. The highest BCUT2D eigenvalue weighted by Gasteiger charge is 2.18. The van der Waals surface area contributed by atoms with Crippen molar-refractivity contribution in [3.8, 4) is 0 Å². The summed E-state index contributed by atoms with van der Waals surface area (Å²) >= 11 is 12.2. The number of likely N-dealkylation sites (N-methyl/N-ethyl adjacent to an activating group) is 1. The summed E-state index contributed by atoms with van der Waals surface area (Å²) in [7, 11) is 2.05. The van der Waals surface area contributed by atoms with Crippen molar-refractivity contribution in [2.24, 2.45) is 5.73 Å². The molecule has 0 aliphatic heterocycles. The van der Waals surface area contributed by atoms with Crippen molar-refractivity contribution in [2.45, 2.75) is 19.9 Å². The molecule has 2 aromatic rings. The lowest BCUT2D eigenvalue weighted by Crippen LogP contribution is -2.31. The molecule has 1 unspecified atom stereocenters. The molecule has 0 aromatic heterocycles. The molecule has 4 heteroatoms. The maximum atomic E-state index is 6.11. The summed E-state index contributed by atoms with van der Waals surface area (Å²) in [6.45, 7) is 4.69. The van der Waals surface area contributed by atoms with E-state index in [0.717, 1.165) is 11.3 Å². The summed E-state index contributed by atoms with van der Waals surface area (Å²) in [6, 6.07) is 12.0. The van der Waals surface area contributed by atoms with Crippen LogP contribution in [0, 0.1) is 13.8 Å². The maximum Gasteiger partial charge on any atom is 0.0662 e. The third kappa shape index (κ3) is 3.70. The van der Waals surface area contributed by atoms with E-state index in [1.807, 2.05) is 19.2 Å². The van der Waals surface area contributed by atoms with Gasteiger partial charge in [-0.15, -0.1) is 0 Å². The van der Waals surface area contributed by atoms with E-state index in [2.05, 4.69) is 36.9 Å². The van der Waals surface area contributed by atoms with Gasteiger partial charge in [-0.1, -0.05) is 40.9 Å². The topological polar surface area (TPSA) is 29.3 Å². The second-order valence-corrected chi connectivity index (χ2v) is 6.23. The summed E-state index contributed by atoms with van der Waals surface area (Å²) in [5, 5.41) is 1.26. The van der Waals surface area contributed by atoms with Crippen LogP contribution in [-0.2, 0) is 0 Å². The second-order valence-electron chi connectivity index (χ2n) is 5.36. The number of aryl methyl sites for hydroxylation is 2. The molecule has 0 fully saturated rings. The third-order valence-electron chi connectivity index (χ3n) is 3.69. The Bertz CT molecular complexity index is 620. The number of benzene rings is 2. The van der Waals surface area contributed by atoms with E-state index in [-0.39, 0.29) is 6.04 Å². The molecule has 0 heterocycles. The molecule has 0 aliphatic carbocycles. The molecule has 0 bridgehead atoms. The van der Waals surface area contributed by atoms with Gasteiger partial charge in [0.1, 0.15) is 0 Å². The number of nitrogens with two attached hydrogens (primary N) is 1. The smallest absolute Gasteiger partial charge is 0.0662 e. The van der Waals surface area contributed by atoms with Crippen LogP contribution in [0.15, 0.2) is 36.4 Å². The Balaban J connectivity index is 2.40. The number of anilines is 1.